The van der Waals surface area contributed by atoms with Gasteiger partial charge in [0.15, 0.2) is 0 Å². The van der Waals surface area contributed by atoms with Crippen LogP contribution < -0.4 is 5.32 Å². The fourth-order valence-corrected chi connectivity index (χ4v) is 2.15. The average molecular weight is 313 g/mol. The molecule has 0 aromatic heterocycles. The molecule has 0 radical (unpaired) electrons. The Hall–Kier alpha value is -3.15. The molecule has 0 fully saturated rings. The highest BCUT2D eigenvalue weighted by atomic mass is 16.4. The second-order valence-electron chi connectivity index (χ2n) is 4.98. The number of hydrogen-bond donors (Lipinski definition) is 3. The lowest BCUT2D eigenvalue weighted by atomic mass is 10.0. The minimum Gasteiger partial charge on any atom is -0.478 e. The number of benzene rings is 2. The largest absolute Gasteiger partial charge is 0.478 e. The Bertz CT molecular complexity index is 755. The smallest absolute Gasteiger partial charge is 0.336 e. The molecule has 118 valence electrons. The Morgan fingerprint density at radius 1 is 0.913 bits per heavy atom. The first-order valence-electron chi connectivity index (χ1n) is 6.86. The highest BCUT2D eigenvalue weighted by molar-refractivity contribution is 6.06. The van der Waals surface area contributed by atoms with E-state index in [9.17, 15) is 19.5 Å². The van der Waals surface area contributed by atoms with Gasteiger partial charge in [-0.05, 0) is 30.7 Å². The number of carbonyl (C=O) groups is 3. The average Bonchev–Trinajstić information content (AvgIpc) is 2.54. The number of aromatic carboxylic acids is 2. The van der Waals surface area contributed by atoms with E-state index in [1.165, 1.54) is 12.1 Å². The van der Waals surface area contributed by atoms with E-state index < -0.39 is 17.8 Å². The van der Waals surface area contributed by atoms with E-state index in [1.807, 2.05) is 30.3 Å². The van der Waals surface area contributed by atoms with Gasteiger partial charge in [-0.1, -0.05) is 30.3 Å². The van der Waals surface area contributed by atoms with Gasteiger partial charge in [0, 0.05) is 0 Å². The van der Waals surface area contributed by atoms with Crippen LogP contribution in [0.15, 0.2) is 48.5 Å². The molecular formula is C17H15NO5. The van der Waals surface area contributed by atoms with Crippen LogP contribution in [0.2, 0.25) is 0 Å². The van der Waals surface area contributed by atoms with Crippen molar-refractivity contribution in [3.05, 3.63) is 70.8 Å². The molecule has 1 atom stereocenters. The van der Waals surface area contributed by atoms with Gasteiger partial charge in [-0.3, -0.25) is 4.79 Å². The second kappa shape index (κ2) is 6.74. The van der Waals surface area contributed by atoms with Crippen molar-refractivity contribution in [2.24, 2.45) is 0 Å². The van der Waals surface area contributed by atoms with Gasteiger partial charge in [0.1, 0.15) is 0 Å². The van der Waals surface area contributed by atoms with Crippen molar-refractivity contribution in [1.29, 1.82) is 0 Å². The van der Waals surface area contributed by atoms with Crippen molar-refractivity contribution in [1.82, 2.24) is 5.32 Å². The van der Waals surface area contributed by atoms with Gasteiger partial charge in [-0.25, -0.2) is 9.59 Å². The number of carboxylic acid groups (broad SMARTS) is 2. The van der Waals surface area contributed by atoms with Gasteiger partial charge in [-0.2, -0.15) is 0 Å². The number of carboxylic acids is 2. The van der Waals surface area contributed by atoms with E-state index in [0.29, 0.717) is 0 Å². The molecule has 2 rings (SSSR count). The zero-order valence-electron chi connectivity index (χ0n) is 12.3. The molecule has 0 aliphatic rings. The summed E-state index contributed by atoms with van der Waals surface area (Å²) >= 11 is 0. The fraction of sp³-hybridized carbons (Fsp3) is 0.118. The monoisotopic (exact) mass is 313 g/mol. The van der Waals surface area contributed by atoms with E-state index in [2.05, 4.69) is 5.32 Å². The summed E-state index contributed by atoms with van der Waals surface area (Å²) in [4.78, 5) is 34.5. The summed E-state index contributed by atoms with van der Waals surface area (Å²) < 4.78 is 0. The molecule has 2 aromatic rings. The lowest BCUT2D eigenvalue weighted by Crippen LogP contribution is -2.28. The summed E-state index contributed by atoms with van der Waals surface area (Å²) in [5.74, 6) is -3.18. The predicted molar refractivity (Wildman–Crippen MR) is 82.7 cm³/mol. The molecule has 1 amide bonds. The maximum Gasteiger partial charge on any atom is 0.336 e. The van der Waals surface area contributed by atoms with Crippen molar-refractivity contribution in [2.45, 2.75) is 13.0 Å². The summed E-state index contributed by atoms with van der Waals surface area (Å²) in [6.07, 6.45) is 0. The highest BCUT2D eigenvalue weighted by Crippen LogP contribution is 2.16. The molecule has 0 unspecified atom stereocenters. The molecule has 0 heterocycles. The predicted octanol–water partition coefficient (Wildman–Crippen LogP) is 2.57. The molecule has 6 heteroatoms. The normalized spacial score (nSPS) is 11.5. The van der Waals surface area contributed by atoms with Crippen molar-refractivity contribution in [3.8, 4) is 0 Å². The summed E-state index contributed by atoms with van der Waals surface area (Å²) in [5.41, 5.74) is 0.267. The van der Waals surface area contributed by atoms with Crippen LogP contribution in [0.4, 0.5) is 0 Å². The topological polar surface area (TPSA) is 104 Å². The van der Waals surface area contributed by atoms with Crippen molar-refractivity contribution >= 4 is 17.8 Å². The Morgan fingerprint density at radius 3 is 2.13 bits per heavy atom. The third-order valence-corrected chi connectivity index (χ3v) is 3.39. The maximum atomic E-state index is 12.3. The SMILES string of the molecule is C[C@@H](NC(=O)c1ccc(C(=O)O)cc1C(=O)O)c1ccccc1. The first kappa shape index (κ1) is 16.2. The van der Waals surface area contributed by atoms with Crippen LogP contribution in [-0.4, -0.2) is 28.1 Å². The minimum absolute atomic E-state index is 0.0784. The van der Waals surface area contributed by atoms with E-state index in [0.717, 1.165) is 11.6 Å². The molecule has 0 aliphatic heterocycles. The summed E-state index contributed by atoms with van der Waals surface area (Å²) in [5, 5.41) is 20.8. The van der Waals surface area contributed by atoms with Gasteiger partial charge in [0.25, 0.3) is 5.91 Å². The van der Waals surface area contributed by atoms with Crippen LogP contribution in [0.1, 0.15) is 49.6 Å². The lowest BCUT2D eigenvalue weighted by Gasteiger charge is -2.15. The van der Waals surface area contributed by atoms with Crippen molar-refractivity contribution in [2.75, 3.05) is 0 Å². The summed E-state index contributed by atoms with van der Waals surface area (Å²) in [6, 6.07) is 12.3. The van der Waals surface area contributed by atoms with Gasteiger partial charge < -0.3 is 15.5 Å². The summed E-state index contributed by atoms with van der Waals surface area (Å²) in [7, 11) is 0. The van der Waals surface area contributed by atoms with E-state index in [1.54, 1.807) is 6.92 Å². The van der Waals surface area contributed by atoms with E-state index in [-0.39, 0.29) is 22.7 Å². The number of hydrogen-bond acceptors (Lipinski definition) is 3. The third-order valence-electron chi connectivity index (χ3n) is 3.39. The second-order valence-corrected chi connectivity index (χ2v) is 4.98. The Balaban J connectivity index is 2.28. The van der Waals surface area contributed by atoms with Crippen molar-refractivity contribution in [3.63, 3.8) is 0 Å². The molecule has 23 heavy (non-hydrogen) atoms. The molecule has 2 aromatic carbocycles. The molecule has 0 aliphatic carbocycles. The summed E-state index contributed by atoms with van der Waals surface area (Å²) in [6.45, 7) is 1.78. The van der Waals surface area contributed by atoms with Gasteiger partial charge >= 0.3 is 11.9 Å². The fourth-order valence-electron chi connectivity index (χ4n) is 2.15. The zero-order chi connectivity index (χ0) is 17.0. The van der Waals surface area contributed by atoms with Crippen LogP contribution in [0.5, 0.6) is 0 Å². The van der Waals surface area contributed by atoms with Crippen LogP contribution in [0.3, 0.4) is 0 Å². The minimum atomic E-state index is -1.36. The van der Waals surface area contributed by atoms with E-state index >= 15 is 0 Å². The zero-order valence-corrected chi connectivity index (χ0v) is 12.3. The molecule has 6 nitrogen and oxygen atoms in total. The Labute approximate surface area is 132 Å². The van der Waals surface area contributed by atoms with Gasteiger partial charge in [0.2, 0.25) is 0 Å². The lowest BCUT2D eigenvalue weighted by molar-refractivity contribution is 0.0690. The van der Waals surface area contributed by atoms with E-state index in [4.69, 9.17) is 5.11 Å². The molecule has 0 bridgehead atoms. The molecule has 3 N–H and O–H groups in total. The first-order chi connectivity index (χ1) is 10.9. The van der Waals surface area contributed by atoms with Crippen molar-refractivity contribution < 1.29 is 24.6 Å². The van der Waals surface area contributed by atoms with Crippen LogP contribution in [0, 0.1) is 0 Å². The quantitative estimate of drug-likeness (QED) is 0.787. The standard InChI is InChI=1S/C17H15NO5/c1-10(11-5-3-2-4-6-11)18-15(19)13-8-7-12(16(20)21)9-14(13)17(22)23/h2-10H,1H3,(H,18,19)(H,20,21)(H,22,23)/t10-/m1/s1. The number of nitrogens with one attached hydrogen (secondary N) is 1. The molecule has 0 saturated carbocycles. The van der Waals surface area contributed by atoms with Gasteiger partial charge in [0.05, 0.1) is 22.7 Å². The molecular weight excluding hydrogens is 298 g/mol. The Kier molecular flexibility index (Phi) is 4.75. The first-order valence-corrected chi connectivity index (χ1v) is 6.86. The molecule has 0 saturated heterocycles. The third kappa shape index (κ3) is 3.74. The van der Waals surface area contributed by atoms with Crippen LogP contribution >= 0.6 is 0 Å². The molecule has 0 spiro atoms. The number of carbonyl (C=O) groups excluding carboxylic acids is 1. The van der Waals surface area contributed by atoms with Gasteiger partial charge in [-0.15, -0.1) is 0 Å². The van der Waals surface area contributed by atoms with Crippen LogP contribution in [-0.2, 0) is 0 Å². The number of amides is 1. The van der Waals surface area contributed by atoms with Crippen LogP contribution in [0.25, 0.3) is 0 Å². The highest BCUT2D eigenvalue weighted by Gasteiger charge is 2.20. The Morgan fingerprint density at radius 2 is 1.57 bits per heavy atom. The maximum absolute atomic E-state index is 12.3. The number of rotatable bonds is 5.